The lowest BCUT2D eigenvalue weighted by molar-refractivity contribution is -0.150. The first-order chi connectivity index (χ1) is 19.4. The molecule has 1 aliphatic rings. The fourth-order valence-electron chi connectivity index (χ4n) is 5.29. The van der Waals surface area contributed by atoms with Crippen LogP contribution in [0.1, 0.15) is 37.1 Å². The number of benzene rings is 3. The lowest BCUT2D eigenvalue weighted by atomic mass is 10.0. The zero-order valence-electron chi connectivity index (χ0n) is 22.5. The van der Waals surface area contributed by atoms with Crippen LogP contribution < -0.4 is 10.6 Å². The van der Waals surface area contributed by atoms with Gasteiger partial charge in [-0.15, -0.1) is 0 Å². The monoisotopic (exact) mass is 546 g/mol. The number of nitrogens with zero attached hydrogens (tertiary/aromatic N) is 4. The molecule has 0 aliphatic carbocycles. The zero-order valence-corrected chi connectivity index (χ0v) is 22.5. The van der Waals surface area contributed by atoms with E-state index in [9.17, 15) is 18.4 Å². The summed E-state index contributed by atoms with van der Waals surface area (Å²) in [4.78, 5) is 30.4. The van der Waals surface area contributed by atoms with Crippen molar-refractivity contribution in [3.05, 3.63) is 118 Å². The van der Waals surface area contributed by atoms with E-state index < -0.39 is 23.7 Å². The van der Waals surface area contributed by atoms with Crippen LogP contribution in [0, 0.1) is 11.6 Å². The number of carbonyl (C=O) groups is 1. The van der Waals surface area contributed by atoms with E-state index in [4.69, 9.17) is 4.74 Å². The Morgan fingerprint density at radius 3 is 2.23 bits per heavy atom. The number of ether oxygens (including phenoxy) is 1. The van der Waals surface area contributed by atoms with Crippen molar-refractivity contribution >= 4 is 11.7 Å². The summed E-state index contributed by atoms with van der Waals surface area (Å²) in [5, 5.41) is 0. The van der Waals surface area contributed by atoms with E-state index in [0.29, 0.717) is 25.4 Å². The Morgan fingerprint density at radius 2 is 1.55 bits per heavy atom. The minimum Gasteiger partial charge on any atom is -0.465 e. The normalized spacial score (nSPS) is 15.6. The van der Waals surface area contributed by atoms with Crippen molar-refractivity contribution in [1.82, 2.24) is 14.0 Å². The van der Waals surface area contributed by atoms with Gasteiger partial charge in [0, 0.05) is 49.8 Å². The van der Waals surface area contributed by atoms with Gasteiger partial charge in [0.05, 0.1) is 18.3 Å². The van der Waals surface area contributed by atoms with Gasteiger partial charge >= 0.3 is 11.7 Å². The Bertz CT molecular complexity index is 1510. The standard InChI is InChI=1S/C31H32F2N4O3/c1-3-40-30(38)29(23-8-5-4-6-9-23)35-18-16-34(17-19-35)24-12-14-25(15-13-24)37-21-20-36(31(37)39)22(2)26-10-7-11-27(32)28(26)33/h4-15,20-22,29H,3,16-19H2,1-2H3/t22?,29-/m0/s1. The minimum atomic E-state index is -0.948. The second-order valence-corrected chi connectivity index (χ2v) is 9.78. The number of rotatable bonds is 8. The molecule has 40 heavy (non-hydrogen) atoms. The number of aromatic nitrogens is 2. The maximum Gasteiger partial charge on any atom is 0.333 e. The first kappa shape index (κ1) is 27.3. The van der Waals surface area contributed by atoms with Crippen LogP contribution in [0.3, 0.4) is 0 Å². The number of halogens is 2. The Hall–Kier alpha value is -4.24. The van der Waals surface area contributed by atoms with E-state index in [1.54, 1.807) is 19.3 Å². The summed E-state index contributed by atoms with van der Waals surface area (Å²) in [5.74, 6) is -2.13. The highest BCUT2D eigenvalue weighted by atomic mass is 19.2. The van der Waals surface area contributed by atoms with Gasteiger partial charge in [0.25, 0.3) is 0 Å². The van der Waals surface area contributed by atoms with E-state index in [1.807, 2.05) is 61.5 Å². The van der Waals surface area contributed by atoms with Crippen LogP contribution in [-0.2, 0) is 9.53 Å². The molecule has 208 valence electrons. The average molecular weight is 547 g/mol. The largest absolute Gasteiger partial charge is 0.465 e. The van der Waals surface area contributed by atoms with Crippen molar-refractivity contribution in [3.8, 4) is 5.69 Å². The topological polar surface area (TPSA) is 59.7 Å². The number of piperazine rings is 1. The highest BCUT2D eigenvalue weighted by Crippen LogP contribution is 2.27. The maximum absolute atomic E-state index is 14.3. The lowest BCUT2D eigenvalue weighted by Crippen LogP contribution is -2.49. The van der Waals surface area contributed by atoms with Crippen molar-refractivity contribution in [1.29, 1.82) is 0 Å². The van der Waals surface area contributed by atoms with Crippen LogP contribution in [-0.4, -0.2) is 52.8 Å². The number of hydrogen-bond acceptors (Lipinski definition) is 5. The van der Waals surface area contributed by atoms with Crippen molar-refractivity contribution in [2.45, 2.75) is 25.9 Å². The molecular formula is C31H32F2N4O3. The highest BCUT2D eigenvalue weighted by molar-refractivity contribution is 5.77. The van der Waals surface area contributed by atoms with Gasteiger partial charge in [0.15, 0.2) is 11.6 Å². The number of carbonyl (C=O) groups excluding carboxylic acids is 1. The summed E-state index contributed by atoms with van der Waals surface area (Å²) in [5.41, 5.74) is 2.38. The van der Waals surface area contributed by atoms with Crippen LogP contribution in [0.2, 0.25) is 0 Å². The first-order valence-corrected chi connectivity index (χ1v) is 13.4. The third-order valence-corrected chi connectivity index (χ3v) is 7.45. The molecule has 3 aromatic carbocycles. The molecule has 0 N–H and O–H groups in total. The molecule has 1 aliphatic heterocycles. The van der Waals surface area contributed by atoms with Crippen LogP contribution >= 0.6 is 0 Å². The predicted molar refractivity (Wildman–Crippen MR) is 150 cm³/mol. The Balaban J connectivity index is 1.28. The average Bonchev–Trinajstić information content (AvgIpc) is 3.36. The lowest BCUT2D eigenvalue weighted by Gasteiger charge is -2.39. The summed E-state index contributed by atoms with van der Waals surface area (Å²) in [6.07, 6.45) is 3.21. The van der Waals surface area contributed by atoms with Crippen LogP contribution in [0.15, 0.2) is 90.0 Å². The summed E-state index contributed by atoms with van der Waals surface area (Å²) in [6.45, 7) is 6.66. The molecule has 2 heterocycles. The van der Waals surface area contributed by atoms with Gasteiger partial charge in [0.2, 0.25) is 0 Å². The molecule has 5 rings (SSSR count). The SMILES string of the molecule is CCOC(=O)[C@H](c1ccccc1)N1CCN(c2ccc(-n3ccn(C(C)c4cccc(F)c4F)c3=O)cc2)CC1. The molecule has 2 atom stereocenters. The first-order valence-electron chi connectivity index (χ1n) is 13.4. The van der Waals surface area contributed by atoms with Gasteiger partial charge in [-0.2, -0.15) is 0 Å². The molecular weight excluding hydrogens is 514 g/mol. The predicted octanol–water partition coefficient (Wildman–Crippen LogP) is 4.95. The van der Waals surface area contributed by atoms with Crippen LogP contribution in [0.4, 0.5) is 14.5 Å². The number of anilines is 1. The molecule has 0 bridgehead atoms. The summed E-state index contributed by atoms with van der Waals surface area (Å²) < 4.78 is 36.3. The maximum atomic E-state index is 14.3. The van der Waals surface area contributed by atoms with E-state index in [-0.39, 0.29) is 17.2 Å². The quantitative estimate of drug-likeness (QED) is 0.293. The third-order valence-electron chi connectivity index (χ3n) is 7.45. The van der Waals surface area contributed by atoms with Gasteiger partial charge in [0.1, 0.15) is 6.04 Å². The number of imidazole rings is 1. The van der Waals surface area contributed by atoms with Crippen LogP contribution in [0.5, 0.6) is 0 Å². The second-order valence-electron chi connectivity index (χ2n) is 9.78. The third kappa shape index (κ3) is 5.42. The molecule has 7 nitrogen and oxygen atoms in total. The van der Waals surface area contributed by atoms with Crippen molar-refractivity contribution < 1.29 is 18.3 Å². The molecule has 1 unspecified atom stereocenters. The van der Waals surface area contributed by atoms with E-state index >= 15 is 0 Å². The smallest absolute Gasteiger partial charge is 0.333 e. The Kier molecular flexibility index (Phi) is 8.11. The summed E-state index contributed by atoms with van der Waals surface area (Å²) >= 11 is 0. The molecule has 0 saturated carbocycles. The van der Waals surface area contributed by atoms with Crippen molar-refractivity contribution in [2.24, 2.45) is 0 Å². The van der Waals surface area contributed by atoms with Crippen LogP contribution in [0.25, 0.3) is 5.69 Å². The Labute approximate surface area is 231 Å². The number of esters is 1. The van der Waals surface area contributed by atoms with Gasteiger partial charge in [-0.25, -0.2) is 18.4 Å². The zero-order chi connectivity index (χ0) is 28.2. The Morgan fingerprint density at radius 1 is 0.875 bits per heavy atom. The fraction of sp³-hybridized carbons (Fsp3) is 0.290. The van der Waals surface area contributed by atoms with Gasteiger partial charge < -0.3 is 9.64 Å². The molecule has 1 saturated heterocycles. The van der Waals surface area contributed by atoms with E-state index in [0.717, 1.165) is 30.4 Å². The molecule has 4 aromatic rings. The fourth-order valence-corrected chi connectivity index (χ4v) is 5.29. The van der Waals surface area contributed by atoms with Crippen molar-refractivity contribution in [3.63, 3.8) is 0 Å². The van der Waals surface area contributed by atoms with Gasteiger partial charge in [-0.3, -0.25) is 14.0 Å². The molecule has 1 aromatic heterocycles. The van der Waals surface area contributed by atoms with Gasteiger partial charge in [-0.05, 0) is 49.7 Å². The minimum absolute atomic E-state index is 0.117. The second kappa shape index (κ2) is 11.9. The number of hydrogen-bond donors (Lipinski definition) is 0. The van der Waals surface area contributed by atoms with E-state index in [2.05, 4.69) is 9.80 Å². The molecule has 0 spiro atoms. The van der Waals surface area contributed by atoms with Crippen molar-refractivity contribution in [2.75, 3.05) is 37.7 Å². The molecule has 9 heteroatoms. The molecule has 0 amide bonds. The summed E-state index contributed by atoms with van der Waals surface area (Å²) in [7, 11) is 0. The van der Waals surface area contributed by atoms with E-state index in [1.165, 1.54) is 21.3 Å². The highest BCUT2D eigenvalue weighted by Gasteiger charge is 2.31. The molecule has 1 fully saturated rings. The summed E-state index contributed by atoms with van der Waals surface area (Å²) in [6, 6.07) is 20.2. The molecule has 0 radical (unpaired) electrons. The van der Waals surface area contributed by atoms with Gasteiger partial charge in [-0.1, -0.05) is 42.5 Å².